The molecule has 0 aliphatic heterocycles. The smallest absolute Gasteiger partial charge is 0.106 e. The van der Waals surface area contributed by atoms with Crippen molar-refractivity contribution in [3.63, 3.8) is 0 Å². The van der Waals surface area contributed by atoms with Crippen LogP contribution in [0.25, 0.3) is 0 Å². The van der Waals surface area contributed by atoms with Gasteiger partial charge in [-0.05, 0) is 57.4 Å². The van der Waals surface area contributed by atoms with Gasteiger partial charge < -0.3 is 10.1 Å². The summed E-state index contributed by atoms with van der Waals surface area (Å²) in [5.74, 6) is 1.58. The Bertz CT molecular complexity index is 284. The first kappa shape index (κ1) is 16.5. The van der Waals surface area contributed by atoms with Gasteiger partial charge in [0.05, 0.1) is 12.2 Å². The molecule has 0 radical (unpaired) electrons. The molecule has 1 rings (SSSR count). The monoisotopic (exact) mass is 266 g/mol. The Labute approximate surface area is 118 Å². The van der Waals surface area contributed by atoms with E-state index in [9.17, 15) is 5.26 Å². The molecule has 110 valence electrons. The van der Waals surface area contributed by atoms with Gasteiger partial charge in [0, 0.05) is 6.61 Å². The Morgan fingerprint density at radius 2 is 1.89 bits per heavy atom. The van der Waals surface area contributed by atoms with Crippen molar-refractivity contribution in [2.75, 3.05) is 13.7 Å². The van der Waals surface area contributed by atoms with E-state index in [1.807, 2.05) is 7.05 Å². The highest BCUT2D eigenvalue weighted by molar-refractivity contribution is 5.05. The van der Waals surface area contributed by atoms with E-state index >= 15 is 0 Å². The molecule has 0 aromatic heterocycles. The number of rotatable bonds is 7. The number of nitrogens with one attached hydrogen (secondary N) is 1. The van der Waals surface area contributed by atoms with Crippen LogP contribution in [0.4, 0.5) is 0 Å². The van der Waals surface area contributed by atoms with E-state index in [1.165, 1.54) is 19.3 Å². The largest absolute Gasteiger partial charge is 0.378 e. The Morgan fingerprint density at radius 3 is 2.37 bits per heavy atom. The normalized spacial score (nSPS) is 30.6. The van der Waals surface area contributed by atoms with Gasteiger partial charge in [0.2, 0.25) is 0 Å². The fourth-order valence-electron chi connectivity index (χ4n) is 3.30. The summed E-state index contributed by atoms with van der Waals surface area (Å²) >= 11 is 0. The lowest BCUT2D eigenvalue weighted by molar-refractivity contribution is -0.00187. The van der Waals surface area contributed by atoms with Gasteiger partial charge in [-0.15, -0.1) is 0 Å². The molecule has 1 N–H and O–H groups in total. The quantitative estimate of drug-likeness (QED) is 0.717. The maximum absolute atomic E-state index is 9.24. The van der Waals surface area contributed by atoms with Gasteiger partial charge >= 0.3 is 0 Å². The first-order chi connectivity index (χ1) is 9.05. The number of nitriles is 1. The van der Waals surface area contributed by atoms with Gasteiger partial charge in [0.15, 0.2) is 0 Å². The molecule has 1 fully saturated rings. The molecule has 1 saturated carbocycles. The van der Waals surface area contributed by atoms with Crippen molar-refractivity contribution in [1.82, 2.24) is 5.32 Å². The first-order valence-electron chi connectivity index (χ1n) is 7.77. The molecule has 0 aromatic carbocycles. The molecular formula is C16H30N2O. The summed E-state index contributed by atoms with van der Waals surface area (Å²) in [7, 11) is 1.87. The average molecular weight is 266 g/mol. The third-order valence-electron chi connectivity index (χ3n) is 4.53. The van der Waals surface area contributed by atoms with Crippen molar-refractivity contribution < 1.29 is 4.74 Å². The van der Waals surface area contributed by atoms with E-state index in [4.69, 9.17) is 4.74 Å². The van der Waals surface area contributed by atoms with Crippen LogP contribution in [-0.4, -0.2) is 25.3 Å². The molecule has 3 unspecified atom stereocenters. The number of ether oxygens (including phenoxy) is 1. The molecule has 0 saturated heterocycles. The predicted octanol–water partition coefficient (Wildman–Crippen LogP) is 3.50. The molecule has 0 spiro atoms. The maximum atomic E-state index is 9.24. The van der Waals surface area contributed by atoms with Crippen molar-refractivity contribution in [3.8, 4) is 6.07 Å². The molecule has 0 heterocycles. The molecule has 1 aliphatic carbocycles. The average Bonchev–Trinajstić information content (AvgIpc) is 2.39. The highest BCUT2D eigenvalue weighted by Crippen LogP contribution is 2.30. The van der Waals surface area contributed by atoms with E-state index in [-0.39, 0.29) is 5.54 Å². The standard InChI is InChI=1S/C16H30N2O/c1-5-16(12-17,18-4)7-6-8-19-15-10-13(2)9-14(3)11-15/h13-15,18H,5-11H2,1-4H3. The van der Waals surface area contributed by atoms with Gasteiger partial charge in [-0.25, -0.2) is 0 Å². The summed E-state index contributed by atoms with van der Waals surface area (Å²) in [6, 6.07) is 2.40. The van der Waals surface area contributed by atoms with Gasteiger partial charge in [0.1, 0.15) is 5.54 Å². The number of nitrogens with zero attached hydrogens (tertiary/aromatic N) is 1. The highest BCUT2D eigenvalue weighted by atomic mass is 16.5. The van der Waals surface area contributed by atoms with Crippen LogP contribution in [-0.2, 0) is 4.74 Å². The molecule has 3 atom stereocenters. The van der Waals surface area contributed by atoms with Gasteiger partial charge in [-0.3, -0.25) is 0 Å². The fourth-order valence-corrected chi connectivity index (χ4v) is 3.30. The van der Waals surface area contributed by atoms with Crippen molar-refractivity contribution in [2.45, 2.75) is 70.9 Å². The SMILES string of the molecule is CCC(C#N)(CCCOC1CC(C)CC(C)C1)NC. The second-order valence-electron chi connectivity index (χ2n) is 6.31. The van der Waals surface area contributed by atoms with E-state index in [0.29, 0.717) is 6.10 Å². The summed E-state index contributed by atoms with van der Waals surface area (Å²) < 4.78 is 6.02. The third-order valence-corrected chi connectivity index (χ3v) is 4.53. The Morgan fingerprint density at radius 1 is 1.26 bits per heavy atom. The minimum Gasteiger partial charge on any atom is -0.378 e. The van der Waals surface area contributed by atoms with E-state index in [2.05, 4.69) is 32.2 Å². The molecular weight excluding hydrogens is 236 g/mol. The zero-order chi connectivity index (χ0) is 14.3. The van der Waals surface area contributed by atoms with Crippen LogP contribution in [0.1, 0.15) is 59.3 Å². The summed E-state index contributed by atoms with van der Waals surface area (Å²) in [6.45, 7) is 7.50. The lowest BCUT2D eigenvalue weighted by Crippen LogP contribution is -2.41. The van der Waals surface area contributed by atoms with Gasteiger partial charge in [-0.2, -0.15) is 5.26 Å². The Kier molecular flexibility index (Phi) is 6.82. The summed E-state index contributed by atoms with van der Waals surface area (Å²) in [4.78, 5) is 0. The maximum Gasteiger partial charge on any atom is 0.106 e. The second kappa shape index (κ2) is 7.87. The van der Waals surface area contributed by atoms with Crippen LogP contribution in [0, 0.1) is 23.2 Å². The van der Waals surface area contributed by atoms with Crippen molar-refractivity contribution in [2.24, 2.45) is 11.8 Å². The fraction of sp³-hybridized carbons (Fsp3) is 0.938. The van der Waals surface area contributed by atoms with E-state index < -0.39 is 0 Å². The molecule has 3 nitrogen and oxygen atoms in total. The van der Waals surface area contributed by atoms with Crippen LogP contribution in [0.5, 0.6) is 0 Å². The lowest BCUT2D eigenvalue weighted by atomic mass is 9.82. The molecule has 0 amide bonds. The zero-order valence-corrected chi connectivity index (χ0v) is 13.0. The number of hydrogen-bond acceptors (Lipinski definition) is 3. The lowest BCUT2D eigenvalue weighted by Gasteiger charge is -2.31. The van der Waals surface area contributed by atoms with Crippen molar-refractivity contribution >= 4 is 0 Å². The van der Waals surface area contributed by atoms with Crippen molar-refractivity contribution in [3.05, 3.63) is 0 Å². The third kappa shape index (κ3) is 5.12. The highest BCUT2D eigenvalue weighted by Gasteiger charge is 2.26. The molecule has 0 bridgehead atoms. The summed E-state index contributed by atoms with van der Waals surface area (Å²) in [5, 5.41) is 12.4. The Balaban J connectivity index is 2.25. The zero-order valence-electron chi connectivity index (χ0n) is 13.0. The summed E-state index contributed by atoms with van der Waals surface area (Å²) in [6.07, 6.45) is 6.85. The minimum absolute atomic E-state index is 0.365. The molecule has 3 heteroatoms. The van der Waals surface area contributed by atoms with Crippen LogP contribution >= 0.6 is 0 Å². The van der Waals surface area contributed by atoms with Crippen LogP contribution < -0.4 is 5.32 Å². The van der Waals surface area contributed by atoms with E-state index in [0.717, 1.165) is 37.7 Å². The minimum atomic E-state index is -0.365. The topological polar surface area (TPSA) is 45.0 Å². The van der Waals surface area contributed by atoms with Gasteiger partial charge in [-0.1, -0.05) is 20.8 Å². The summed E-state index contributed by atoms with van der Waals surface area (Å²) in [5.41, 5.74) is -0.365. The van der Waals surface area contributed by atoms with Crippen molar-refractivity contribution in [1.29, 1.82) is 5.26 Å². The molecule has 1 aliphatic rings. The van der Waals surface area contributed by atoms with Crippen LogP contribution in [0.2, 0.25) is 0 Å². The molecule has 0 aromatic rings. The van der Waals surface area contributed by atoms with Crippen LogP contribution in [0.15, 0.2) is 0 Å². The van der Waals surface area contributed by atoms with Gasteiger partial charge in [0.25, 0.3) is 0 Å². The molecule has 19 heavy (non-hydrogen) atoms. The predicted molar refractivity (Wildman–Crippen MR) is 78.8 cm³/mol. The van der Waals surface area contributed by atoms with Crippen LogP contribution in [0.3, 0.4) is 0 Å². The Hall–Kier alpha value is -0.590. The first-order valence-corrected chi connectivity index (χ1v) is 7.77. The van der Waals surface area contributed by atoms with E-state index in [1.54, 1.807) is 0 Å². The number of hydrogen-bond donors (Lipinski definition) is 1. The second-order valence-corrected chi connectivity index (χ2v) is 6.31.